The number of carbonyl (C=O) groups excluding carboxylic acids is 1. The number of rotatable bonds is 5. The summed E-state index contributed by atoms with van der Waals surface area (Å²) < 4.78 is 25.4. The fraction of sp³-hybridized carbons (Fsp3) is 0.375. The Morgan fingerprint density at radius 2 is 2.25 bits per heavy atom. The van der Waals surface area contributed by atoms with Gasteiger partial charge in [-0.05, 0) is 36.6 Å². The van der Waals surface area contributed by atoms with Crippen molar-refractivity contribution in [2.24, 2.45) is 5.92 Å². The van der Waals surface area contributed by atoms with Gasteiger partial charge in [0.1, 0.15) is 5.69 Å². The Bertz CT molecular complexity index is 722. The molecule has 1 aromatic carbocycles. The van der Waals surface area contributed by atoms with Crippen molar-refractivity contribution < 1.29 is 13.6 Å². The monoisotopic (exact) mass is 354 g/mol. The molecule has 2 aromatic rings. The first kappa shape index (κ1) is 16.7. The fourth-order valence-electron chi connectivity index (χ4n) is 2.80. The first-order valence-corrected chi connectivity index (χ1v) is 8.03. The van der Waals surface area contributed by atoms with Crippen molar-refractivity contribution >= 4 is 23.2 Å². The topological polar surface area (TPSA) is 50.2 Å². The molecule has 1 amide bonds. The molecule has 3 rings (SSSR count). The number of hydrogen-bond donors (Lipinski definition) is 1. The maximum Gasteiger partial charge on any atom is 0.333 e. The smallest absolute Gasteiger partial charge is 0.333 e. The third-order valence-electron chi connectivity index (χ3n) is 4.05. The SMILES string of the molecule is O=C(NC[C@H]1CCN(c2cccc(Cl)c2)C1)c1ccn(C(F)F)n1. The van der Waals surface area contributed by atoms with Gasteiger partial charge in [-0.25, -0.2) is 4.68 Å². The van der Waals surface area contributed by atoms with Gasteiger partial charge in [0.15, 0.2) is 0 Å². The van der Waals surface area contributed by atoms with Crippen LogP contribution in [0.25, 0.3) is 0 Å². The molecule has 1 saturated heterocycles. The molecule has 0 saturated carbocycles. The van der Waals surface area contributed by atoms with Crippen molar-refractivity contribution in [1.82, 2.24) is 15.1 Å². The number of nitrogens with zero attached hydrogens (tertiary/aromatic N) is 3. The van der Waals surface area contributed by atoms with Crippen LogP contribution in [-0.4, -0.2) is 35.3 Å². The Hall–Kier alpha value is -2.15. The third kappa shape index (κ3) is 3.84. The van der Waals surface area contributed by atoms with E-state index in [4.69, 9.17) is 11.6 Å². The Balaban J connectivity index is 1.51. The van der Waals surface area contributed by atoms with E-state index in [0.717, 1.165) is 31.4 Å². The minimum Gasteiger partial charge on any atom is -0.371 e. The molecule has 1 aliphatic rings. The molecule has 8 heteroatoms. The predicted octanol–water partition coefficient (Wildman–Crippen LogP) is 3.19. The van der Waals surface area contributed by atoms with Gasteiger partial charge in [0.25, 0.3) is 5.91 Å². The van der Waals surface area contributed by atoms with Crippen molar-refractivity contribution in [2.75, 3.05) is 24.5 Å². The molecule has 24 heavy (non-hydrogen) atoms. The van der Waals surface area contributed by atoms with Crippen LogP contribution in [-0.2, 0) is 0 Å². The van der Waals surface area contributed by atoms with Gasteiger partial charge in [0.05, 0.1) is 0 Å². The van der Waals surface area contributed by atoms with Crippen molar-refractivity contribution in [3.8, 4) is 0 Å². The molecule has 0 spiro atoms. The zero-order valence-corrected chi connectivity index (χ0v) is 13.6. The van der Waals surface area contributed by atoms with Gasteiger partial charge in [-0.2, -0.15) is 13.9 Å². The maximum atomic E-state index is 12.5. The number of hydrogen-bond acceptors (Lipinski definition) is 3. The molecule has 128 valence electrons. The second kappa shape index (κ2) is 7.17. The highest BCUT2D eigenvalue weighted by molar-refractivity contribution is 6.30. The summed E-state index contributed by atoms with van der Waals surface area (Å²) in [6.45, 7) is -0.558. The van der Waals surface area contributed by atoms with Crippen LogP contribution in [0.5, 0.6) is 0 Å². The summed E-state index contributed by atoms with van der Waals surface area (Å²) in [5.41, 5.74) is 1.06. The van der Waals surface area contributed by atoms with Crippen LogP contribution >= 0.6 is 11.6 Å². The van der Waals surface area contributed by atoms with Gasteiger partial charge >= 0.3 is 6.55 Å². The number of benzene rings is 1. The molecule has 0 aliphatic carbocycles. The number of alkyl halides is 2. The molecule has 1 aliphatic heterocycles. The molecular weight excluding hydrogens is 338 g/mol. The number of carbonyl (C=O) groups is 1. The molecule has 1 N–H and O–H groups in total. The first-order valence-electron chi connectivity index (χ1n) is 7.65. The molecule has 2 heterocycles. The molecule has 0 unspecified atom stereocenters. The Labute approximate surface area is 143 Å². The molecule has 0 radical (unpaired) electrons. The number of halogens is 3. The van der Waals surface area contributed by atoms with Crippen LogP contribution < -0.4 is 10.2 Å². The lowest BCUT2D eigenvalue weighted by Gasteiger charge is -2.19. The minimum atomic E-state index is -2.74. The van der Waals surface area contributed by atoms with Gasteiger partial charge in [0.2, 0.25) is 0 Å². The lowest BCUT2D eigenvalue weighted by Crippen LogP contribution is -2.31. The Morgan fingerprint density at radius 3 is 2.96 bits per heavy atom. The standard InChI is InChI=1S/C16H17ClF2N4O/c17-12-2-1-3-13(8-12)22-6-4-11(10-22)9-20-15(24)14-5-7-23(21-14)16(18)19/h1-3,5,7-8,11,16H,4,6,9-10H2,(H,20,24)/t11-/m1/s1. The van der Waals surface area contributed by atoms with Gasteiger partial charge in [-0.3, -0.25) is 4.79 Å². The first-order chi connectivity index (χ1) is 11.5. The summed E-state index contributed by atoms with van der Waals surface area (Å²) >= 11 is 6.01. The lowest BCUT2D eigenvalue weighted by molar-refractivity contribution is 0.0560. The highest BCUT2D eigenvalue weighted by Crippen LogP contribution is 2.25. The number of amides is 1. The number of aromatic nitrogens is 2. The van der Waals surface area contributed by atoms with E-state index < -0.39 is 12.5 Å². The predicted molar refractivity (Wildman–Crippen MR) is 87.6 cm³/mol. The molecule has 5 nitrogen and oxygen atoms in total. The van der Waals surface area contributed by atoms with E-state index in [-0.39, 0.29) is 5.69 Å². The van der Waals surface area contributed by atoms with Crippen molar-refractivity contribution in [3.05, 3.63) is 47.2 Å². The highest BCUT2D eigenvalue weighted by Gasteiger charge is 2.24. The van der Waals surface area contributed by atoms with Crippen LogP contribution in [0, 0.1) is 5.92 Å². The normalized spacial score (nSPS) is 17.5. The summed E-state index contributed by atoms with van der Waals surface area (Å²) in [6.07, 6.45) is 2.04. The second-order valence-corrected chi connectivity index (χ2v) is 6.19. The summed E-state index contributed by atoms with van der Waals surface area (Å²) in [5, 5.41) is 7.01. The lowest BCUT2D eigenvalue weighted by atomic mass is 10.1. The Kier molecular flexibility index (Phi) is 4.99. The molecule has 1 fully saturated rings. The quantitative estimate of drug-likeness (QED) is 0.897. The average molecular weight is 355 g/mol. The average Bonchev–Trinajstić information content (AvgIpc) is 3.22. The van der Waals surface area contributed by atoms with E-state index in [0.29, 0.717) is 22.2 Å². The zero-order chi connectivity index (χ0) is 17.1. The summed E-state index contributed by atoms with van der Waals surface area (Å²) in [5.74, 6) is -0.138. The van der Waals surface area contributed by atoms with E-state index in [9.17, 15) is 13.6 Å². The van der Waals surface area contributed by atoms with Gasteiger partial charge in [-0.15, -0.1) is 0 Å². The fourth-order valence-corrected chi connectivity index (χ4v) is 2.99. The van der Waals surface area contributed by atoms with Crippen LogP contribution in [0.15, 0.2) is 36.5 Å². The molecule has 1 atom stereocenters. The second-order valence-electron chi connectivity index (χ2n) is 5.75. The molecule has 0 bridgehead atoms. The van der Waals surface area contributed by atoms with Gasteiger partial charge < -0.3 is 10.2 Å². The van der Waals surface area contributed by atoms with Gasteiger partial charge in [0, 0.05) is 36.5 Å². The molecule has 1 aromatic heterocycles. The summed E-state index contributed by atoms with van der Waals surface area (Å²) in [7, 11) is 0. The maximum absolute atomic E-state index is 12.5. The number of nitrogens with one attached hydrogen (secondary N) is 1. The summed E-state index contributed by atoms with van der Waals surface area (Å²) in [4.78, 5) is 14.2. The van der Waals surface area contributed by atoms with E-state index >= 15 is 0 Å². The van der Waals surface area contributed by atoms with Crippen LogP contribution in [0.4, 0.5) is 14.5 Å². The van der Waals surface area contributed by atoms with Crippen LogP contribution in [0.1, 0.15) is 23.5 Å². The highest BCUT2D eigenvalue weighted by atomic mass is 35.5. The van der Waals surface area contributed by atoms with E-state index in [1.165, 1.54) is 6.07 Å². The van der Waals surface area contributed by atoms with Crippen molar-refractivity contribution in [3.63, 3.8) is 0 Å². The zero-order valence-electron chi connectivity index (χ0n) is 12.8. The van der Waals surface area contributed by atoms with E-state index in [1.807, 2.05) is 24.3 Å². The Morgan fingerprint density at radius 1 is 1.42 bits per heavy atom. The van der Waals surface area contributed by atoms with Crippen molar-refractivity contribution in [2.45, 2.75) is 13.0 Å². The van der Waals surface area contributed by atoms with Gasteiger partial charge in [-0.1, -0.05) is 17.7 Å². The number of anilines is 1. The van der Waals surface area contributed by atoms with Crippen molar-refractivity contribution in [1.29, 1.82) is 0 Å². The largest absolute Gasteiger partial charge is 0.371 e. The van der Waals surface area contributed by atoms with E-state index in [2.05, 4.69) is 15.3 Å². The summed E-state index contributed by atoms with van der Waals surface area (Å²) in [6, 6.07) is 8.95. The molecular formula is C16H17ClF2N4O. The minimum absolute atomic E-state index is 0.00000532. The van der Waals surface area contributed by atoms with Crippen LogP contribution in [0.2, 0.25) is 5.02 Å². The van der Waals surface area contributed by atoms with Crippen LogP contribution in [0.3, 0.4) is 0 Å². The third-order valence-corrected chi connectivity index (χ3v) is 4.29. The van der Waals surface area contributed by atoms with E-state index in [1.54, 1.807) is 0 Å².